The summed E-state index contributed by atoms with van der Waals surface area (Å²) in [5, 5.41) is 8.32. The van der Waals surface area contributed by atoms with Crippen LogP contribution in [0.1, 0.15) is 56.2 Å². The minimum absolute atomic E-state index is 0.104. The van der Waals surface area contributed by atoms with Gasteiger partial charge in [-0.2, -0.15) is 4.31 Å². The summed E-state index contributed by atoms with van der Waals surface area (Å²) in [5.41, 5.74) is 2.52. The average molecular weight is 526 g/mol. The van der Waals surface area contributed by atoms with Gasteiger partial charge in [0.2, 0.25) is 15.9 Å². The van der Waals surface area contributed by atoms with Crippen LogP contribution in [-0.4, -0.2) is 56.9 Å². The molecule has 3 heterocycles. The fourth-order valence-electron chi connectivity index (χ4n) is 4.45. The van der Waals surface area contributed by atoms with E-state index in [2.05, 4.69) is 29.4 Å². The van der Waals surface area contributed by atoms with E-state index in [1.54, 1.807) is 28.1 Å². The number of unbranched alkanes of at least 4 members (excludes halogenated alkanes) is 1. The molecule has 0 saturated carbocycles. The number of furan rings is 1. The lowest BCUT2D eigenvalue weighted by atomic mass is 10.0. The van der Waals surface area contributed by atoms with Crippen LogP contribution in [0, 0.1) is 5.92 Å². The Balaban J connectivity index is 1.51. The standard InChI is InChI=1S/C27H35N5O4S/c1-4-5-6-8-22-10-12-23(13-11-22)17-32-26(21(2)3)27(33)30(14-16-37(32,34)35)18-24-19-31(29-28-24)20-25-9-7-15-36-25/h6-13,15,19,21,26H,4-5,14,16-18,20H2,1-3H3/b8-6+. The Morgan fingerprint density at radius 1 is 1.14 bits per heavy atom. The fraction of sp³-hybridized carbons (Fsp3) is 0.444. The second kappa shape index (κ2) is 11.9. The number of hydrogen-bond donors (Lipinski definition) is 0. The quantitative estimate of drug-likeness (QED) is 0.398. The molecule has 0 N–H and O–H groups in total. The van der Waals surface area contributed by atoms with Gasteiger partial charge in [-0.25, -0.2) is 13.1 Å². The Labute approximate surface area is 218 Å². The van der Waals surface area contributed by atoms with Gasteiger partial charge in [-0.15, -0.1) is 5.10 Å². The number of rotatable bonds is 10. The lowest BCUT2D eigenvalue weighted by Gasteiger charge is -2.32. The van der Waals surface area contributed by atoms with Gasteiger partial charge in [-0.1, -0.05) is 68.8 Å². The number of nitrogens with zero attached hydrogens (tertiary/aromatic N) is 5. The molecule has 1 atom stereocenters. The number of benzene rings is 1. The predicted octanol–water partition coefficient (Wildman–Crippen LogP) is 3.93. The maximum atomic E-state index is 13.7. The third-order valence-electron chi connectivity index (χ3n) is 6.40. The summed E-state index contributed by atoms with van der Waals surface area (Å²) in [6.45, 7) is 6.79. The van der Waals surface area contributed by atoms with E-state index in [0.29, 0.717) is 12.2 Å². The molecule has 0 radical (unpaired) electrons. The van der Waals surface area contributed by atoms with Gasteiger partial charge < -0.3 is 9.32 Å². The van der Waals surface area contributed by atoms with Crippen molar-refractivity contribution in [3.05, 3.63) is 77.5 Å². The van der Waals surface area contributed by atoms with Crippen LogP contribution in [0.15, 0.2) is 59.4 Å². The number of allylic oxidation sites excluding steroid dienone is 1. The first-order valence-corrected chi connectivity index (χ1v) is 14.3. The molecule has 3 aromatic rings. The molecule has 0 bridgehead atoms. The van der Waals surface area contributed by atoms with Crippen molar-refractivity contribution in [2.45, 2.75) is 59.3 Å². The van der Waals surface area contributed by atoms with Crippen LogP contribution in [0.25, 0.3) is 6.08 Å². The molecule has 1 amide bonds. The van der Waals surface area contributed by atoms with Crippen molar-refractivity contribution in [3.8, 4) is 0 Å². The van der Waals surface area contributed by atoms with Crippen LogP contribution in [-0.2, 0) is 34.5 Å². The van der Waals surface area contributed by atoms with E-state index in [9.17, 15) is 13.2 Å². The average Bonchev–Trinajstić information content (AvgIpc) is 3.52. The van der Waals surface area contributed by atoms with Crippen molar-refractivity contribution in [3.63, 3.8) is 0 Å². The smallest absolute Gasteiger partial charge is 0.241 e. The zero-order chi connectivity index (χ0) is 26.4. The first-order valence-electron chi connectivity index (χ1n) is 12.7. The Morgan fingerprint density at radius 3 is 2.59 bits per heavy atom. The molecular weight excluding hydrogens is 490 g/mol. The summed E-state index contributed by atoms with van der Waals surface area (Å²) in [5.74, 6) is 0.193. The van der Waals surface area contributed by atoms with Crippen molar-refractivity contribution >= 4 is 22.0 Å². The van der Waals surface area contributed by atoms with Gasteiger partial charge >= 0.3 is 0 Å². The Bertz CT molecular complexity index is 1300. The maximum absolute atomic E-state index is 13.7. The van der Waals surface area contributed by atoms with E-state index >= 15 is 0 Å². The number of amides is 1. The van der Waals surface area contributed by atoms with Gasteiger partial charge in [0.25, 0.3) is 0 Å². The highest BCUT2D eigenvalue weighted by atomic mass is 32.2. The Hall–Kier alpha value is -3.24. The minimum Gasteiger partial charge on any atom is -0.467 e. The molecule has 198 valence electrons. The van der Waals surface area contributed by atoms with E-state index in [-0.39, 0.29) is 37.2 Å². The zero-order valence-corrected chi connectivity index (χ0v) is 22.5. The second-order valence-corrected chi connectivity index (χ2v) is 11.8. The molecule has 9 nitrogen and oxygen atoms in total. The molecule has 1 aromatic carbocycles. The van der Waals surface area contributed by atoms with Crippen molar-refractivity contribution in [2.24, 2.45) is 5.92 Å². The summed E-state index contributed by atoms with van der Waals surface area (Å²) in [6, 6.07) is 10.7. The molecular formula is C27H35N5O4S. The van der Waals surface area contributed by atoms with E-state index in [1.165, 1.54) is 4.31 Å². The summed E-state index contributed by atoms with van der Waals surface area (Å²) in [4.78, 5) is 15.3. The molecule has 2 aromatic heterocycles. The van der Waals surface area contributed by atoms with E-state index in [0.717, 1.165) is 29.7 Å². The van der Waals surface area contributed by atoms with Crippen LogP contribution < -0.4 is 0 Å². The Morgan fingerprint density at radius 2 is 1.92 bits per heavy atom. The van der Waals surface area contributed by atoms with Crippen LogP contribution in [0.4, 0.5) is 0 Å². The largest absolute Gasteiger partial charge is 0.467 e. The summed E-state index contributed by atoms with van der Waals surface area (Å²) < 4.78 is 35.1. The highest BCUT2D eigenvalue weighted by molar-refractivity contribution is 7.89. The molecule has 1 aliphatic heterocycles. The number of hydrogen-bond acceptors (Lipinski definition) is 6. The first-order chi connectivity index (χ1) is 17.8. The van der Waals surface area contributed by atoms with Crippen molar-refractivity contribution in [1.29, 1.82) is 0 Å². The lowest BCUT2D eigenvalue weighted by molar-refractivity contribution is -0.136. The minimum atomic E-state index is -3.66. The second-order valence-electron chi connectivity index (χ2n) is 9.73. The summed E-state index contributed by atoms with van der Waals surface area (Å²) in [7, 11) is -3.66. The van der Waals surface area contributed by atoms with Gasteiger partial charge in [0, 0.05) is 13.1 Å². The van der Waals surface area contributed by atoms with Crippen LogP contribution in [0.3, 0.4) is 0 Å². The normalized spacial score (nSPS) is 18.6. The topological polar surface area (TPSA) is 102 Å². The Kier molecular flexibility index (Phi) is 8.60. The van der Waals surface area contributed by atoms with Gasteiger partial charge in [0.15, 0.2) is 0 Å². The monoisotopic (exact) mass is 525 g/mol. The molecule has 1 fully saturated rings. The number of carbonyl (C=O) groups is 1. The molecule has 37 heavy (non-hydrogen) atoms. The van der Waals surface area contributed by atoms with Crippen LogP contribution in [0.2, 0.25) is 0 Å². The maximum Gasteiger partial charge on any atom is 0.241 e. The van der Waals surface area contributed by atoms with E-state index in [1.807, 2.05) is 44.2 Å². The highest BCUT2D eigenvalue weighted by Gasteiger charge is 2.42. The van der Waals surface area contributed by atoms with E-state index in [4.69, 9.17) is 4.42 Å². The SMILES string of the molecule is CCC/C=C/c1ccc(CN2C(C(C)C)C(=O)N(Cc3cn(Cc4ccco4)nn3)CCS2(=O)=O)cc1. The molecule has 1 saturated heterocycles. The number of aromatic nitrogens is 3. The van der Waals surface area contributed by atoms with Crippen LogP contribution in [0.5, 0.6) is 0 Å². The van der Waals surface area contributed by atoms with Crippen molar-refractivity contribution in [1.82, 2.24) is 24.2 Å². The molecule has 4 rings (SSSR count). The number of carbonyl (C=O) groups excluding carboxylic acids is 1. The lowest BCUT2D eigenvalue weighted by Crippen LogP contribution is -2.49. The number of sulfonamides is 1. The van der Waals surface area contributed by atoms with Gasteiger partial charge in [0.1, 0.15) is 24.0 Å². The third-order valence-corrected chi connectivity index (χ3v) is 8.17. The predicted molar refractivity (Wildman–Crippen MR) is 142 cm³/mol. The highest BCUT2D eigenvalue weighted by Crippen LogP contribution is 2.25. The van der Waals surface area contributed by atoms with Gasteiger partial charge in [0.05, 0.1) is 24.8 Å². The first kappa shape index (κ1) is 26.8. The zero-order valence-electron chi connectivity index (χ0n) is 21.7. The summed E-state index contributed by atoms with van der Waals surface area (Å²) in [6.07, 6.45) is 9.66. The van der Waals surface area contributed by atoms with Gasteiger partial charge in [-0.05, 0) is 35.6 Å². The molecule has 0 spiro atoms. The molecule has 1 unspecified atom stereocenters. The van der Waals surface area contributed by atoms with Crippen molar-refractivity contribution < 1.29 is 17.6 Å². The fourth-order valence-corrected chi connectivity index (χ4v) is 6.16. The summed E-state index contributed by atoms with van der Waals surface area (Å²) >= 11 is 0. The third kappa shape index (κ3) is 6.75. The van der Waals surface area contributed by atoms with Gasteiger partial charge in [-0.3, -0.25) is 4.79 Å². The van der Waals surface area contributed by atoms with Crippen molar-refractivity contribution in [2.75, 3.05) is 12.3 Å². The molecule has 10 heteroatoms. The molecule has 0 aliphatic carbocycles. The van der Waals surface area contributed by atoms with Crippen LogP contribution >= 0.6 is 0 Å². The van der Waals surface area contributed by atoms with E-state index < -0.39 is 16.1 Å². The molecule has 1 aliphatic rings.